The molecule has 1 aromatic heterocycles. The van der Waals surface area contributed by atoms with Gasteiger partial charge in [-0.1, -0.05) is 35.9 Å². The first-order chi connectivity index (χ1) is 8.26. The predicted molar refractivity (Wildman–Crippen MR) is 77.1 cm³/mol. The van der Waals surface area contributed by atoms with Crippen LogP contribution in [0.5, 0.6) is 0 Å². The molecule has 0 atom stereocenters. The number of carbonyl (C=O) groups excluding carboxylic acids is 1. The molecule has 0 radical (unpaired) electrons. The van der Waals surface area contributed by atoms with Crippen LogP contribution in [0.2, 0.25) is 0 Å². The van der Waals surface area contributed by atoms with Gasteiger partial charge in [-0.3, -0.25) is 4.79 Å². The van der Waals surface area contributed by atoms with Gasteiger partial charge in [0.1, 0.15) is 6.54 Å². The lowest BCUT2D eigenvalue weighted by Crippen LogP contribution is -2.35. The molecule has 0 aliphatic heterocycles. The number of hydrogen-bond acceptors (Lipinski definition) is 1. The zero-order chi connectivity index (χ0) is 12.5. The Balaban J connectivity index is 2.25. The van der Waals surface area contributed by atoms with Crippen molar-refractivity contribution in [1.82, 2.24) is 5.32 Å². The number of aryl methyl sites for hydroxylation is 2. The zero-order valence-corrected chi connectivity index (χ0v) is 12.4. The number of nitrogens with zero attached hydrogens (tertiary/aromatic N) is 1. The van der Waals surface area contributed by atoms with Crippen molar-refractivity contribution in [3.05, 3.63) is 30.1 Å². The van der Waals surface area contributed by atoms with E-state index in [-0.39, 0.29) is 5.91 Å². The van der Waals surface area contributed by atoms with E-state index >= 15 is 0 Å². The number of aromatic nitrogens is 1. The van der Waals surface area contributed by atoms with Crippen molar-refractivity contribution in [3.63, 3.8) is 0 Å². The Morgan fingerprint density at radius 2 is 2.12 bits per heavy atom. The molecule has 1 heterocycles. The summed E-state index contributed by atoms with van der Waals surface area (Å²) >= 11 is 2.07. The Bertz CT molecular complexity index is 338. The summed E-state index contributed by atoms with van der Waals surface area (Å²) in [5.41, 5.74) is 1.39. The van der Waals surface area contributed by atoms with Gasteiger partial charge in [0, 0.05) is 25.1 Å². The van der Waals surface area contributed by atoms with Gasteiger partial charge >= 0.3 is 0 Å². The fraction of sp³-hybridized carbons (Fsp3) is 0.538. The van der Waals surface area contributed by atoms with Crippen molar-refractivity contribution < 1.29 is 9.36 Å². The van der Waals surface area contributed by atoms with Gasteiger partial charge in [0.25, 0.3) is 0 Å². The van der Waals surface area contributed by atoms with E-state index in [2.05, 4.69) is 63.9 Å². The molecule has 1 rings (SSSR count). The van der Waals surface area contributed by atoms with Crippen molar-refractivity contribution in [2.75, 3.05) is 11.0 Å². The Morgan fingerprint density at radius 3 is 2.71 bits per heavy atom. The van der Waals surface area contributed by atoms with Crippen LogP contribution in [-0.2, 0) is 17.8 Å². The van der Waals surface area contributed by atoms with Gasteiger partial charge < -0.3 is 5.32 Å². The molecule has 1 amide bonds. The summed E-state index contributed by atoms with van der Waals surface area (Å²) in [6.45, 7) is 3.90. The zero-order valence-electron chi connectivity index (χ0n) is 10.3. The van der Waals surface area contributed by atoms with Crippen molar-refractivity contribution in [3.8, 4) is 0 Å². The van der Waals surface area contributed by atoms with Crippen LogP contribution in [0.25, 0.3) is 0 Å². The maximum Gasteiger partial charge on any atom is 0.229 e. The van der Waals surface area contributed by atoms with Crippen LogP contribution in [0, 0.1) is 0 Å². The van der Waals surface area contributed by atoms with E-state index in [0.29, 0.717) is 4.43 Å². The molecule has 0 saturated carbocycles. The summed E-state index contributed by atoms with van der Waals surface area (Å²) in [6, 6.07) is 4.35. The van der Waals surface area contributed by atoms with Crippen LogP contribution in [0.4, 0.5) is 0 Å². The second-order valence-corrected chi connectivity index (χ2v) is 4.79. The molecule has 0 unspecified atom stereocenters. The lowest BCUT2D eigenvalue weighted by molar-refractivity contribution is -0.697. The molecular weight excluding hydrogens is 327 g/mol. The van der Waals surface area contributed by atoms with Crippen LogP contribution < -0.4 is 9.88 Å². The van der Waals surface area contributed by atoms with E-state index < -0.39 is 0 Å². The summed E-state index contributed by atoms with van der Waals surface area (Å²) < 4.78 is 2.70. The Labute approximate surface area is 117 Å². The van der Waals surface area contributed by atoms with Crippen LogP contribution in [0.1, 0.15) is 25.3 Å². The third kappa shape index (κ3) is 6.00. The smallest absolute Gasteiger partial charge is 0.229 e. The number of amides is 1. The molecule has 3 nitrogen and oxygen atoms in total. The topological polar surface area (TPSA) is 33.0 Å². The lowest BCUT2D eigenvalue weighted by atomic mass is 10.1. The Morgan fingerprint density at radius 1 is 1.41 bits per heavy atom. The molecule has 0 aliphatic rings. The van der Waals surface area contributed by atoms with Crippen LogP contribution in [0.15, 0.2) is 24.5 Å². The average Bonchev–Trinajstić information content (AvgIpc) is 2.36. The van der Waals surface area contributed by atoms with Gasteiger partial charge in [-0.2, -0.15) is 0 Å². The van der Waals surface area contributed by atoms with E-state index in [4.69, 9.17) is 0 Å². The van der Waals surface area contributed by atoms with E-state index in [1.54, 1.807) is 0 Å². The summed E-state index contributed by atoms with van der Waals surface area (Å²) in [5, 5.41) is 2.87. The number of alkyl halides is 1. The average molecular weight is 347 g/mol. The number of carbonyl (C=O) groups is 1. The number of nitrogens with one attached hydrogen (secondary N) is 1. The molecule has 0 fully saturated rings. The number of rotatable bonds is 7. The molecular formula is C13H20IN2O+. The first-order valence-corrected chi connectivity index (χ1v) is 7.59. The summed E-state index contributed by atoms with van der Waals surface area (Å²) in [4.78, 5) is 11.0. The van der Waals surface area contributed by atoms with Crippen LogP contribution >= 0.6 is 22.6 Å². The predicted octanol–water partition coefficient (Wildman–Crippen LogP) is 1.87. The van der Waals surface area contributed by atoms with Gasteiger partial charge in [0.2, 0.25) is 5.91 Å². The maximum atomic E-state index is 11.0. The van der Waals surface area contributed by atoms with Gasteiger partial charge in [0.15, 0.2) is 12.4 Å². The number of pyridine rings is 1. The fourth-order valence-electron chi connectivity index (χ4n) is 1.63. The van der Waals surface area contributed by atoms with Crippen LogP contribution in [-0.4, -0.2) is 16.9 Å². The minimum absolute atomic E-state index is 0.119. The van der Waals surface area contributed by atoms with Gasteiger partial charge in [-0.25, -0.2) is 4.57 Å². The van der Waals surface area contributed by atoms with E-state index in [1.807, 2.05) is 0 Å². The molecule has 0 aliphatic carbocycles. The minimum Gasteiger partial charge on any atom is -0.355 e. The lowest BCUT2D eigenvalue weighted by Gasteiger charge is -2.01. The van der Waals surface area contributed by atoms with Gasteiger partial charge in [-0.05, 0) is 12.0 Å². The van der Waals surface area contributed by atoms with Crippen molar-refractivity contribution >= 4 is 28.5 Å². The molecule has 0 saturated heterocycles. The van der Waals surface area contributed by atoms with Crippen molar-refractivity contribution in [2.24, 2.45) is 0 Å². The van der Waals surface area contributed by atoms with Gasteiger partial charge in [-0.15, -0.1) is 0 Å². The van der Waals surface area contributed by atoms with Crippen LogP contribution in [0.3, 0.4) is 0 Å². The highest BCUT2D eigenvalue weighted by Crippen LogP contribution is 1.98. The normalized spacial score (nSPS) is 10.2. The molecule has 0 aromatic carbocycles. The first kappa shape index (κ1) is 14.4. The van der Waals surface area contributed by atoms with Crippen molar-refractivity contribution in [1.29, 1.82) is 0 Å². The van der Waals surface area contributed by atoms with E-state index in [1.165, 1.54) is 12.0 Å². The molecule has 0 bridgehead atoms. The largest absolute Gasteiger partial charge is 0.355 e. The molecule has 17 heavy (non-hydrogen) atoms. The SMILES string of the molecule is CCCc1cc[n+](CCCNC(=O)CI)cc1. The molecule has 4 heteroatoms. The molecule has 94 valence electrons. The van der Waals surface area contributed by atoms with Crippen molar-refractivity contribution in [2.45, 2.75) is 32.7 Å². The summed E-state index contributed by atoms with van der Waals surface area (Å²) in [7, 11) is 0. The Hall–Kier alpha value is -0.650. The monoisotopic (exact) mass is 347 g/mol. The standard InChI is InChI=1S/C13H19IN2O/c1-2-4-12-5-9-16(10-6-12)8-3-7-15-13(17)11-14/h5-6,9-10H,2-4,7-8,11H2,1H3/p+1. The Kier molecular flexibility index (Phi) is 7.16. The third-order valence-corrected chi connectivity index (χ3v) is 3.23. The number of hydrogen-bond donors (Lipinski definition) is 1. The molecule has 0 spiro atoms. The second kappa shape index (κ2) is 8.44. The fourth-order valence-corrected chi connectivity index (χ4v) is 1.90. The number of halogens is 1. The quantitative estimate of drug-likeness (QED) is 0.347. The van der Waals surface area contributed by atoms with Gasteiger partial charge in [0.05, 0.1) is 4.43 Å². The highest BCUT2D eigenvalue weighted by atomic mass is 127. The highest BCUT2D eigenvalue weighted by molar-refractivity contribution is 14.1. The second-order valence-electron chi connectivity index (χ2n) is 4.03. The third-order valence-electron chi connectivity index (χ3n) is 2.54. The maximum absolute atomic E-state index is 11.0. The van der Waals surface area contributed by atoms with E-state index in [9.17, 15) is 4.79 Å². The minimum atomic E-state index is 0.119. The van der Waals surface area contributed by atoms with E-state index in [0.717, 1.165) is 25.9 Å². The summed E-state index contributed by atoms with van der Waals surface area (Å²) in [6.07, 6.45) is 7.54. The highest BCUT2D eigenvalue weighted by Gasteiger charge is 2.01. The first-order valence-electron chi connectivity index (χ1n) is 6.07. The molecule has 1 aromatic rings. The molecule has 1 N–H and O–H groups in total. The summed E-state index contributed by atoms with van der Waals surface area (Å²) in [5.74, 6) is 0.119.